The standard InChI is InChI=1S/C27H20BrClN2O7S/c1-37-19-8-6-18(7-9-19)30-27-31(13-15-2-4-17(5-3-15)26(35)36)25(34)22(39-27)12-16-10-20(28)24(21(29)11-16)38-14-23(32)33/h2-12H,13-14H2,1H3,(H,32,33)(H,35,36)/b22-12-,30-27?. The van der Waals surface area contributed by atoms with Crippen LogP contribution in [0.15, 0.2) is 75.0 Å². The Labute approximate surface area is 240 Å². The van der Waals surface area contributed by atoms with Crippen LogP contribution < -0.4 is 9.47 Å². The van der Waals surface area contributed by atoms with Crippen molar-refractivity contribution >= 4 is 74.1 Å². The minimum absolute atomic E-state index is 0.145. The van der Waals surface area contributed by atoms with Gasteiger partial charge in [0, 0.05) is 0 Å². The maximum Gasteiger partial charge on any atom is 0.341 e. The summed E-state index contributed by atoms with van der Waals surface area (Å²) in [4.78, 5) is 42.1. The fourth-order valence-corrected chi connectivity index (χ4v) is 5.51. The van der Waals surface area contributed by atoms with Crippen molar-refractivity contribution in [2.75, 3.05) is 13.7 Å². The van der Waals surface area contributed by atoms with E-state index >= 15 is 0 Å². The van der Waals surface area contributed by atoms with Crippen LogP contribution in [-0.4, -0.2) is 51.8 Å². The van der Waals surface area contributed by atoms with E-state index in [0.29, 0.717) is 31.5 Å². The SMILES string of the molecule is COc1ccc(N=C2S/C(=C\c3cc(Cl)c(OCC(=O)O)c(Br)c3)C(=O)N2Cc2ccc(C(=O)O)cc2)cc1. The largest absolute Gasteiger partial charge is 0.497 e. The number of halogens is 2. The number of aliphatic imine (C=N–C) groups is 1. The van der Waals surface area contributed by atoms with Crippen molar-refractivity contribution in [3.63, 3.8) is 0 Å². The average molecular weight is 632 g/mol. The molecule has 0 saturated carbocycles. The Morgan fingerprint density at radius 3 is 2.38 bits per heavy atom. The molecule has 1 amide bonds. The summed E-state index contributed by atoms with van der Waals surface area (Å²) in [6, 6.07) is 16.6. The topological polar surface area (TPSA) is 126 Å². The van der Waals surface area contributed by atoms with Crippen molar-refractivity contribution in [2.24, 2.45) is 4.99 Å². The molecule has 0 atom stereocenters. The molecule has 3 aromatic rings. The number of benzene rings is 3. The summed E-state index contributed by atoms with van der Waals surface area (Å²) in [5.74, 6) is -1.62. The van der Waals surface area contributed by atoms with E-state index in [4.69, 9.17) is 26.2 Å². The maximum absolute atomic E-state index is 13.5. The van der Waals surface area contributed by atoms with E-state index in [2.05, 4.69) is 20.9 Å². The molecule has 12 heteroatoms. The zero-order chi connectivity index (χ0) is 28.1. The number of amides is 1. The van der Waals surface area contributed by atoms with Crippen molar-refractivity contribution in [1.82, 2.24) is 4.90 Å². The summed E-state index contributed by atoms with van der Waals surface area (Å²) in [6.07, 6.45) is 1.65. The fraction of sp³-hybridized carbons (Fsp3) is 0.111. The number of aliphatic carboxylic acids is 1. The van der Waals surface area contributed by atoms with Gasteiger partial charge in [0.05, 0.1) is 39.3 Å². The first-order valence-corrected chi connectivity index (χ1v) is 13.2. The van der Waals surface area contributed by atoms with Gasteiger partial charge in [-0.3, -0.25) is 9.69 Å². The number of hydrogen-bond donors (Lipinski definition) is 2. The molecule has 1 aliphatic heterocycles. The van der Waals surface area contributed by atoms with E-state index in [1.54, 1.807) is 61.7 Å². The Balaban J connectivity index is 1.67. The number of ether oxygens (including phenoxy) is 2. The lowest BCUT2D eigenvalue weighted by Crippen LogP contribution is -2.28. The number of carbonyl (C=O) groups excluding carboxylic acids is 1. The Bertz CT molecular complexity index is 1470. The van der Waals surface area contributed by atoms with Crippen LogP contribution in [0.2, 0.25) is 5.02 Å². The third kappa shape index (κ3) is 6.99. The van der Waals surface area contributed by atoms with E-state index in [-0.39, 0.29) is 28.8 Å². The van der Waals surface area contributed by atoms with E-state index in [1.807, 2.05) is 0 Å². The predicted molar refractivity (Wildman–Crippen MR) is 152 cm³/mol. The lowest BCUT2D eigenvalue weighted by Gasteiger charge is -2.16. The van der Waals surface area contributed by atoms with Gasteiger partial charge in [-0.25, -0.2) is 14.6 Å². The lowest BCUT2D eigenvalue weighted by molar-refractivity contribution is -0.139. The van der Waals surface area contributed by atoms with E-state index in [9.17, 15) is 19.5 Å². The molecule has 1 fully saturated rings. The first-order valence-electron chi connectivity index (χ1n) is 11.2. The highest BCUT2D eigenvalue weighted by Crippen LogP contribution is 2.39. The molecule has 0 unspecified atom stereocenters. The molecule has 0 spiro atoms. The fourth-order valence-electron chi connectivity index (χ4n) is 3.52. The number of carboxylic acid groups (broad SMARTS) is 2. The molecule has 39 heavy (non-hydrogen) atoms. The van der Waals surface area contributed by atoms with Crippen LogP contribution >= 0.6 is 39.3 Å². The highest BCUT2D eigenvalue weighted by atomic mass is 79.9. The Hall–Kier alpha value is -3.80. The van der Waals surface area contributed by atoms with E-state index in [0.717, 1.165) is 5.56 Å². The Morgan fingerprint density at radius 1 is 1.10 bits per heavy atom. The second-order valence-corrected chi connectivity index (χ2v) is 10.4. The smallest absolute Gasteiger partial charge is 0.341 e. The number of rotatable bonds is 9. The van der Waals surface area contributed by atoms with Crippen LogP contribution in [0, 0.1) is 0 Å². The molecule has 4 rings (SSSR count). The van der Waals surface area contributed by atoms with Gasteiger partial charge in [0.1, 0.15) is 5.75 Å². The maximum atomic E-state index is 13.5. The third-order valence-electron chi connectivity index (χ3n) is 5.39. The van der Waals surface area contributed by atoms with Crippen LogP contribution in [0.5, 0.6) is 11.5 Å². The first-order chi connectivity index (χ1) is 18.6. The second kappa shape index (κ2) is 12.4. The van der Waals surface area contributed by atoms with Gasteiger partial charge in [-0.05, 0) is 93.4 Å². The minimum atomic E-state index is -1.14. The molecule has 9 nitrogen and oxygen atoms in total. The summed E-state index contributed by atoms with van der Waals surface area (Å²) in [6.45, 7) is -0.384. The first kappa shape index (κ1) is 28.2. The second-order valence-electron chi connectivity index (χ2n) is 8.09. The molecule has 0 aromatic heterocycles. The van der Waals surface area contributed by atoms with Crippen molar-refractivity contribution in [1.29, 1.82) is 0 Å². The molecule has 0 radical (unpaired) electrons. The zero-order valence-electron chi connectivity index (χ0n) is 20.3. The van der Waals surface area contributed by atoms with Gasteiger partial charge in [0.2, 0.25) is 0 Å². The average Bonchev–Trinajstić information content (AvgIpc) is 3.17. The number of carboxylic acids is 2. The van der Waals surface area contributed by atoms with Crippen molar-refractivity contribution in [2.45, 2.75) is 6.54 Å². The van der Waals surface area contributed by atoms with Crippen LogP contribution in [-0.2, 0) is 16.1 Å². The normalized spacial score (nSPS) is 15.2. The molecule has 0 aliphatic carbocycles. The molecular weight excluding hydrogens is 612 g/mol. The monoisotopic (exact) mass is 630 g/mol. The molecule has 1 heterocycles. The van der Waals surface area contributed by atoms with Gasteiger partial charge in [0.25, 0.3) is 5.91 Å². The lowest BCUT2D eigenvalue weighted by atomic mass is 10.1. The Morgan fingerprint density at radius 2 is 1.79 bits per heavy atom. The molecule has 1 aliphatic rings. The van der Waals surface area contributed by atoms with Crippen molar-refractivity contribution < 1.29 is 34.1 Å². The summed E-state index contributed by atoms with van der Waals surface area (Å²) in [7, 11) is 1.57. The van der Waals surface area contributed by atoms with Crippen molar-refractivity contribution in [3.8, 4) is 11.5 Å². The van der Waals surface area contributed by atoms with Gasteiger partial charge in [-0.1, -0.05) is 23.7 Å². The predicted octanol–water partition coefficient (Wildman–Crippen LogP) is 6.08. The highest BCUT2D eigenvalue weighted by Gasteiger charge is 2.33. The van der Waals surface area contributed by atoms with Gasteiger partial charge in [0.15, 0.2) is 17.5 Å². The van der Waals surface area contributed by atoms with Gasteiger partial charge >= 0.3 is 11.9 Å². The van der Waals surface area contributed by atoms with Crippen LogP contribution in [0.1, 0.15) is 21.5 Å². The van der Waals surface area contributed by atoms with Gasteiger partial charge in [-0.2, -0.15) is 0 Å². The van der Waals surface area contributed by atoms with Crippen LogP contribution in [0.4, 0.5) is 5.69 Å². The zero-order valence-corrected chi connectivity index (χ0v) is 23.4. The van der Waals surface area contributed by atoms with Crippen molar-refractivity contribution in [3.05, 3.63) is 91.8 Å². The quantitative estimate of drug-likeness (QED) is 0.272. The highest BCUT2D eigenvalue weighted by molar-refractivity contribution is 9.10. The number of methoxy groups -OCH3 is 1. The number of aromatic carboxylic acids is 1. The van der Waals surface area contributed by atoms with Crippen LogP contribution in [0.25, 0.3) is 6.08 Å². The van der Waals surface area contributed by atoms with E-state index in [1.165, 1.54) is 28.8 Å². The molecule has 2 N–H and O–H groups in total. The Kier molecular flexibility index (Phi) is 8.95. The third-order valence-corrected chi connectivity index (χ3v) is 7.26. The molecule has 0 bridgehead atoms. The number of thioether (sulfide) groups is 1. The number of amidine groups is 1. The summed E-state index contributed by atoms with van der Waals surface area (Å²) >= 11 is 10.8. The number of carbonyl (C=O) groups is 3. The number of hydrogen-bond acceptors (Lipinski definition) is 7. The summed E-state index contributed by atoms with van der Waals surface area (Å²) in [5, 5.41) is 18.7. The molecule has 1 saturated heterocycles. The summed E-state index contributed by atoms with van der Waals surface area (Å²) in [5.41, 5.74) is 2.07. The molecular formula is C27H20BrClN2O7S. The summed E-state index contributed by atoms with van der Waals surface area (Å²) < 4.78 is 10.9. The molecule has 200 valence electrons. The molecule has 3 aromatic carbocycles. The van der Waals surface area contributed by atoms with Gasteiger partial charge in [-0.15, -0.1) is 0 Å². The van der Waals surface area contributed by atoms with Crippen LogP contribution in [0.3, 0.4) is 0 Å². The minimum Gasteiger partial charge on any atom is -0.497 e. The van der Waals surface area contributed by atoms with E-state index < -0.39 is 18.5 Å². The number of nitrogens with zero attached hydrogens (tertiary/aromatic N) is 2. The van der Waals surface area contributed by atoms with Gasteiger partial charge < -0.3 is 19.7 Å².